The minimum Gasteiger partial charge on any atom is -0.367 e. The maximum atomic E-state index is 13.6. The third-order valence-electron chi connectivity index (χ3n) is 3.82. The first-order chi connectivity index (χ1) is 11.0. The van der Waals surface area contributed by atoms with Gasteiger partial charge < -0.3 is 10.1 Å². The Hall–Kier alpha value is -2.54. The molecule has 7 heteroatoms. The van der Waals surface area contributed by atoms with Gasteiger partial charge in [-0.3, -0.25) is 9.59 Å². The highest BCUT2D eigenvalue weighted by molar-refractivity contribution is 5.93. The van der Waals surface area contributed by atoms with E-state index < -0.39 is 23.3 Å². The van der Waals surface area contributed by atoms with Gasteiger partial charge in [0.05, 0.1) is 24.1 Å². The second-order valence-electron chi connectivity index (χ2n) is 5.44. The molecule has 1 amide bonds. The number of fused-ring (bicyclic) bond motifs is 1. The number of para-hydroxylation sites is 1. The molecule has 2 heterocycles. The standard InChI is InChI=1S/C16H16FN3O3/c1-9(16(22)18-13-6-4-3-5-12(13)17)20-14(21)7-11-8-23-10(2)15(11)19-20/h3-7,9-10H,8H2,1-2H3,(H,18,22)/t9-,10-/m0/s1. The SMILES string of the molecule is C[C@@H]1OCc2cc(=O)n([C@@H](C)C(=O)Nc3ccccc3F)nc21. The zero-order valence-electron chi connectivity index (χ0n) is 12.7. The Morgan fingerprint density at radius 3 is 2.96 bits per heavy atom. The number of nitrogens with zero attached hydrogens (tertiary/aromatic N) is 2. The van der Waals surface area contributed by atoms with Crippen LogP contribution in [-0.4, -0.2) is 15.7 Å². The third-order valence-corrected chi connectivity index (χ3v) is 3.82. The van der Waals surface area contributed by atoms with Crippen molar-refractivity contribution in [3.8, 4) is 0 Å². The van der Waals surface area contributed by atoms with Crippen LogP contribution in [0.1, 0.15) is 37.3 Å². The summed E-state index contributed by atoms with van der Waals surface area (Å²) in [7, 11) is 0. The molecule has 0 saturated heterocycles. The monoisotopic (exact) mass is 317 g/mol. The second kappa shape index (κ2) is 5.92. The van der Waals surface area contributed by atoms with E-state index in [2.05, 4.69) is 10.4 Å². The van der Waals surface area contributed by atoms with Gasteiger partial charge >= 0.3 is 0 Å². The van der Waals surface area contributed by atoms with Gasteiger partial charge in [0.1, 0.15) is 11.9 Å². The van der Waals surface area contributed by atoms with Gasteiger partial charge in [-0.2, -0.15) is 5.10 Å². The van der Waals surface area contributed by atoms with Crippen LogP contribution in [0.2, 0.25) is 0 Å². The highest BCUT2D eigenvalue weighted by atomic mass is 19.1. The summed E-state index contributed by atoms with van der Waals surface area (Å²) in [5, 5.41) is 6.71. The zero-order valence-corrected chi connectivity index (χ0v) is 12.7. The van der Waals surface area contributed by atoms with Crippen molar-refractivity contribution in [3.05, 3.63) is 57.8 Å². The molecular weight excluding hydrogens is 301 g/mol. The van der Waals surface area contributed by atoms with Crippen LogP contribution in [0.5, 0.6) is 0 Å². The molecule has 120 valence electrons. The summed E-state index contributed by atoms with van der Waals surface area (Å²) >= 11 is 0. The Kier molecular flexibility index (Phi) is 3.96. The van der Waals surface area contributed by atoms with E-state index in [4.69, 9.17) is 4.74 Å². The first-order valence-electron chi connectivity index (χ1n) is 7.27. The summed E-state index contributed by atoms with van der Waals surface area (Å²) in [5.41, 5.74) is 1.06. The predicted molar refractivity (Wildman–Crippen MR) is 81.4 cm³/mol. The number of hydrogen-bond acceptors (Lipinski definition) is 4. The van der Waals surface area contributed by atoms with Crippen molar-refractivity contribution in [1.82, 2.24) is 9.78 Å². The van der Waals surface area contributed by atoms with Gasteiger partial charge in [-0.25, -0.2) is 9.07 Å². The molecule has 0 bridgehead atoms. The molecule has 2 aromatic rings. The molecule has 1 aliphatic rings. The van der Waals surface area contributed by atoms with E-state index in [9.17, 15) is 14.0 Å². The number of nitrogens with one attached hydrogen (secondary N) is 1. The fourth-order valence-electron chi connectivity index (χ4n) is 2.46. The summed E-state index contributed by atoms with van der Waals surface area (Å²) in [6, 6.07) is 6.40. The van der Waals surface area contributed by atoms with E-state index in [0.29, 0.717) is 12.3 Å². The lowest BCUT2D eigenvalue weighted by Gasteiger charge is -2.15. The molecule has 1 aromatic carbocycles. The molecule has 0 fully saturated rings. The van der Waals surface area contributed by atoms with Crippen LogP contribution < -0.4 is 10.9 Å². The van der Waals surface area contributed by atoms with Gasteiger partial charge in [-0.1, -0.05) is 12.1 Å². The highest BCUT2D eigenvalue weighted by Crippen LogP contribution is 2.27. The molecule has 0 unspecified atom stereocenters. The number of halogens is 1. The molecule has 0 spiro atoms. The van der Waals surface area contributed by atoms with Crippen LogP contribution >= 0.6 is 0 Å². The summed E-state index contributed by atoms with van der Waals surface area (Å²) in [6.07, 6.45) is -0.223. The Bertz CT molecular complexity index is 818. The van der Waals surface area contributed by atoms with Gasteiger partial charge in [-0.05, 0) is 26.0 Å². The van der Waals surface area contributed by atoms with Gasteiger partial charge in [0.25, 0.3) is 5.56 Å². The van der Waals surface area contributed by atoms with Crippen molar-refractivity contribution in [2.45, 2.75) is 32.6 Å². The lowest BCUT2D eigenvalue weighted by Crippen LogP contribution is -2.34. The topological polar surface area (TPSA) is 73.2 Å². The lowest BCUT2D eigenvalue weighted by atomic mass is 10.2. The van der Waals surface area contributed by atoms with E-state index in [1.54, 1.807) is 6.07 Å². The minimum absolute atomic E-state index is 0.0651. The molecule has 1 aliphatic heterocycles. The molecule has 3 rings (SSSR count). The van der Waals surface area contributed by atoms with Crippen LogP contribution in [0.4, 0.5) is 10.1 Å². The first-order valence-corrected chi connectivity index (χ1v) is 7.27. The number of hydrogen-bond donors (Lipinski definition) is 1. The number of aromatic nitrogens is 2. The van der Waals surface area contributed by atoms with E-state index >= 15 is 0 Å². The first kappa shape index (κ1) is 15.4. The number of amides is 1. The number of carbonyl (C=O) groups is 1. The Balaban J connectivity index is 1.87. The average Bonchev–Trinajstić information content (AvgIpc) is 2.88. The van der Waals surface area contributed by atoms with Gasteiger partial charge in [0.2, 0.25) is 5.91 Å². The molecule has 0 radical (unpaired) electrons. The van der Waals surface area contributed by atoms with Gasteiger partial charge in [-0.15, -0.1) is 0 Å². The van der Waals surface area contributed by atoms with E-state index in [-0.39, 0.29) is 11.8 Å². The fourth-order valence-corrected chi connectivity index (χ4v) is 2.46. The summed E-state index contributed by atoms with van der Waals surface area (Å²) in [4.78, 5) is 24.4. The normalized spacial score (nSPS) is 17.6. The van der Waals surface area contributed by atoms with Crippen LogP contribution in [0.3, 0.4) is 0 Å². The highest BCUT2D eigenvalue weighted by Gasteiger charge is 2.26. The molecule has 6 nitrogen and oxygen atoms in total. The summed E-state index contributed by atoms with van der Waals surface area (Å²) in [5.74, 6) is -1.06. The van der Waals surface area contributed by atoms with Crippen LogP contribution in [0.25, 0.3) is 0 Å². The quantitative estimate of drug-likeness (QED) is 0.941. The van der Waals surface area contributed by atoms with Crippen LogP contribution in [0.15, 0.2) is 35.1 Å². The van der Waals surface area contributed by atoms with Crippen molar-refractivity contribution < 1.29 is 13.9 Å². The summed E-state index contributed by atoms with van der Waals surface area (Å²) in [6.45, 7) is 3.71. The lowest BCUT2D eigenvalue weighted by molar-refractivity contribution is -0.119. The smallest absolute Gasteiger partial charge is 0.267 e. The predicted octanol–water partition coefficient (Wildman–Crippen LogP) is 2.17. The fraction of sp³-hybridized carbons (Fsp3) is 0.312. The molecule has 1 N–H and O–H groups in total. The van der Waals surface area contributed by atoms with Crippen LogP contribution in [-0.2, 0) is 16.1 Å². The van der Waals surface area contributed by atoms with Gasteiger partial charge in [0, 0.05) is 11.6 Å². The van der Waals surface area contributed by atoms with E-state index in [1.807, 2.05) is 6.92 Å². The molecule has 1 aromatic heterocycles. The number of carbonyl (C=O) groups excluding carboxylic acids is 1. The third kappa shape index (κ3) is 2.87. The molecule has 23 heavy (non-hydrogen) atoms. The van der Waals surface area contributed by atoms with Crippen molar-refractivity contribution >= 4 is 11.6 Å². The van der Waals surface area contributed by atoms with Crippen molar-refractivity contribution in [1.29, 1.82) is 0 Å². The number of anilines is 1. The van der Waals surface area contributed by atoms with Crippen molar-refractivity contribution in [2.75, 3.05) is 5.32 Å². The van der Waals surface area contributed by atoms with Gasteiger partial charge in [0.15, 0.2) is 0 Å². The molecule has 0 saturated carbocycles. The van der Waals surface area contributed by atoms with Crippen LogP contribution in [0, 0.1) is 5.82 Å². The maximum Gasteiger partial charge on any atom is 0.267 e. The Morgan fingerprint density at radius 2 is 2.22 bits per heavy atom. The minimum atomic E-state index is -0.875. The maximum absolute atomic E-state index is 13.6. The zero-order chi connectivity index (χ0) is 16.6. The van der Waals surface area contributed by atoms with Crippen molar-refractivity contribution in [2.24, 2.45) is 0 Å². The Labute approximate surface area is 131 Å². The molecule has 0 aliphatic carbocycles. The average molecular weight is 317 g/mol. The molecule has 2 atom stereocenters. The van der Waals surface area contributed by atoms with E-state index in [1.165, 1.54) is 31.2 Å². The number of benzene rings is 1. The summed E-state index contributed by atoms with van der Waals surface area (Å²) < 4.78 is 20.1. The van der Waals surface area contributed by atoms with E-state index in [0.717, 1.165) is 10.2 Å². The number of rotatable bonds is 3. The largest absolute Gasteiger partial charge is 0.367 e. The van der Waals surface area contributed by atoms with Crippen molar-refractivity contribution in [3.63, 3.8) is 0 Å². The second-order valence-corrected chi connectivity index (χ2v) is 5.44. The Morgan fingerprint density at radius 1 is 1.48 bits per heavy atom. The molecular formula is C16H16FN3O3. The number of ether oxygens (including phenoxy) is 1.